The first-order valence-electron chi connectivity index (χ1n) is 5.07. The number of halogens is 1. The van der Waals surface area contributed by atoms with Gasteiger partial charge in [-0.1, -0.05) is 29.3 Å². The van der Waals surface area contributed by atoms with E-state index in [9.17, 15) is 0 Å². The summed E-state index contributed by atoms with van der Waals surface area (Å²) in [6.45, 7) is 5.98. The molecular weight excluding hydrogens is 192 g/mol. The van der Waals surface area contributed by atoms with E-state index >= 15 is 0 Å². The van der Waals surface area contributed by atoms with Gasteiger partial charge in [0.15, 0.2) is 0 Å². The highest BCUT2D eigenvalue weighted by Gasteiger charge is 1.94. The number of benzene rings is 1. The SMILES string of the molecule is C=C(C)CCCCc1ccc(Cl)cc1. The summed E-state index contributed by atoms with van der Waals surface area (Å²) in [6.07, 6.45) is 4.75. The molecule has 76 valence electrons. The average molecular weight is 209 g/mol. The van der Waals surface area contributed by atoms with Gasteiger partial charge in [0.05, 0.1) is 0 Å². The molecule has 1 heteroatoms. The van der Waals surface area contributed by atoms with Crippen molar-refractivity contribution in [1.29, 1.82) is 0 Å². The van der Waals surface area contributed by atoms with Crippen LogP contribution in [0.5, 0.6) is 0 Å². The van der Waals surface area contributed by atoms with E-state index in [1.807, 2.05) is 12.1 Å². The topological polar surface area (TPSA) is 0 Å². The van der Waals surface area contributed by atoms with Crippen LogP contribution in [0.2, 0.25) is 5.02 Å². The molecule has 0 N–H and O–H groups in total. The standard InChI is InChI=1S/C13H17Cl/c1-11(2)5-3-4-6-12-7-9-13(14)10-8-12/h7-10H,1,3-6H2,2H3. The van der Waals surface area contributed by atoms with Crippen LogP contribution < -0.4 is 0 Å². The summed E-state index contributed by atoms with van der Waals surface area (Å²) >= 11 is 5.80. The van der Waals surface area contributed by atoms with Crippen molar-refractivity contribution in [3.05, 3.63) is 47.0 Å². The Balaban J connectivity index is 2.25. The summed E-state index contributed by atoms with van der Waals surface area (Å²) in [6, 6.07) is 8.11. The molecule has 0 aliphatic rings. The fourth-order valence-corrected chi connectivity index (χ4v) is 1.53. The molecule has 1 aromatic rings. The van der Waals surface area contributed by atoms with Gasteiger partial charge in [-0.2, -0.15) is 0 Å². The van der Waals surface area contributed by atoms with Gasteiger partial charge >= 0.3 is 0 Å². The maximum absolute atomic E-state index is 5.80. The third-order valence-electron chi connectivity index (χ3n) is 2.23. The Kier molecular flexibility index (Phi) is 4.75. The Labute approximate surface area is 91.6 Å². The molecule has 0 aliphatic heterocycles. The third-order valence-corrected chi connectivity index (χ3v) is 2.48. The second-order valence-corrected chi connectivity index (χ2v) is 4.23. The lowest BCUT2D eigenvalue weighted by atomic mass is 10.1. The minimum Gasteiger partial charge on any atom is -0.100 e. The molecule has 0 radical (unpaired) electrons. The van der Waals surface area contributed by atoms with Crippen LogP contribution in [-0.2, 0) is 6.42 Å². The fraction of sp³-hybridized carbons (Fsp3) is 0.385. The van der Waals surface area contributed by atoms with Crippen molar-refractivity contribution >= 4 is 11.6 Å². The van der Waals surface area contributed by atoms with Crippen LogP contribution in [0.1, 0.15) is 31.7 Å². The second-order valence-electron chi connectivity index (χ2n) is 3.79. The van der Waals surface area contributed by atoms with Crippen molar-refractivity contribution in [3.63, 3.8) is 0 Å². The highest BCUT2D eigenvalue weighted by Crippen LogP contribution is 2.13. The molecule has 1 aromatic carbocycles. The lowest BCUT2D eigenvalue weighted by Crippen LogP contribution is -1.85. The normalized spacial score (nSPS) is 10.1. The minimum absolute atomic E-state index is 0.815. The molecule has 0 heterocycles. The molecule has 0 aromatic heterocycles. The summed E-state index contributed by atoms with van der Waals surface area (Å²) in [5.74, 6) is 0. The Hall–Kier alpha value is -0.750. The molecule has 0 spiro atoms. The zero-order chi connectivity index (χ0) is 10.4. The fourth-order valence-electron chi connectivity index (χ4n) is 1.41. The molecule has 0 atom stereocenters. The molecule has 1 rings (SSSR count). The van der Waals surface area contributed by atoms with Crippen LogP contribution in [0, 0.1) is 0 Å². The summed E-state index contributed by atoms with van der Waals surface area (Å²) in [4.78, 5) is 0. The van der Waals surface area contributed by atoms with Crippen LogP contribution in [-0.4, -0.2) is 0 Å². The molecular formula is C13H17Cl. The van der Waals surface area contributed by atoms with Gasteiger partial charge in [0.25, 0.3) is 0 Å². The van der Waals surface area contributed by atoms with Crippen molar-refractivity contribution in [1.82, 2.24) is 0 Å². The van der Waals surface area contributed by atoms with Gasteiger partial charge in [0.2, 0.25) is 0 Å². The van der Waals surface area contributed by atoms with E-state index in [1.54, 1.807) is 0 Å². The maximum Gasteiger partial charge on any atom is 0.0406 e. The quantitative estimate of drug-likeness (QED) is 0.489. The van der Waals surface area contributed by atoms with E-state index in [0.717, 1.165) is 17.9 Å². The molecule has 0 bridgehead atoms. The van der Waals surface area contributed by atoms with Crippen molar-refractivity contribution in [2.45, 2.75) is 32.6 Å². The Bertz CT molecular complexity index is 285. The second kappa shape index (κ2) is 5.87. The predicted molar refractivity (Wildman–Crippen MR) is 63.8 cm³/mol. The molecule has 0 nitrogen and oxygen atoms in total. The van der Waals surface area contributed by atoms with E-state index < -0.39 is 0 Å². The van der Waals surface area contributed by atoms with E-state index in [1.165, 1.54) is 24.0 Å². The summed E-state index contributed by atoms with van der Waals surface area (Å²) in [5, 5.41) is 0.815. The van der Waals surface area contributed by atoms with Crippen LogP contribution in [0.3, 0.4) is 0 Å². The van der Waals surface area contributed by atoms with Crippen molar-refractivity contribution in [2.75, 3.05) is 0 Å². The molecule has 0 saturated carbocycles. The Morgan fingerprint density at radius 2 is 1.86 bits per heavy atom. The van der Waals surface area contributed by atoms with E-state index in [-0.39, 0.29) is 0 Å². The van der Waals surface area contributed by atoms with Gasteiger partial charge in [-0.05, 0) is 50.3 Å². The molecule has 0 fully saturated rings. The van der Waals surface area contributed by atoms with Gasteiger partial charge in [-0.25, -0.2) is 0 Å². The van der Waals surface area contributed by atoms with Gasteiger partial charge in [-0.3, -0.25) is 0 Å². The first kappa shape index (κ1) is 11.3. The minimum atomic E-state index is 0.815. The number of hydrogen-bond acceptors (Lipinski definition) is 0. The molecule has 14 heavy (non-hydrogen) atoms. The molecule has 0 unspecified atom stereocenters. The first-order valence-corrected chi connectivity index (χ1v) is 5.45. The highest BCUT2D eigenvalue weighted by atomic mass is 35.5. The van der Waals surface area contributed by atoms with Gasteiger partial charge in [0, 0.05) is 5.02 Å². The largest absolute Gasteiger partial charge is 0.100 e. The third kappa shape index (κ3) is 4.48. The smallest absolute Gasteiger partial charge is 0.0406 e. The Morgan fingerprint density at radius 3 is 2.43 bits per heavy atom. The van der Waals surface area contributed by atoms with Crippen molar-refractivity contribution < 1.29 is 0 Å². The summed E-state index contributed by atoms with van der Waals surface area (Å²) in [5.41, 5.74) is 2.65. The summed E-state index contributed by atoms with van der Waals surface area (Å²) in [7, 11) is 0. The Morgan fingerprint density at radius 1 is 1.21 bits per heavy atom. The van der Waals surface area contributed by atoms with Crippen LogP contribution in [0.4, 0.5) is 0 Å². The monoisotopic (exact) mass is 208 g/mol. The maximum atomic E-state index is 5.80. The number of hydrogen-bond donors (Lipinski definition) is 0. The van der Waals surface area contributed by atoms with Crippen LogP contribution in [0.15, 0.2) is 36.4 Å². The van der Waals surface area contributed by atoms with E-state index in [0.29, 0.717) is 0 Å². The number of rotatable bonds is 5. The average Bonchev–Trinajstić information content (AvgIpc) is 2.15. The van der Waals surface area contributed by atoms with Gasteiger partial charge < -0.3 is 0 Å². The molecule has 0 saturated heterocycles. The molecule has 0 aliphatic carbocycles. The van der Waals surface area contributed by atoms with Gasteiger partial charge in [-0.15, -0.1) is 6.58 Å². The lowest BCUT2D eigenvalue weighted by Gasteiger charge is -2.01. The number of unbranched alkanes of at least 4 members (excludes halogenated alkanes) is 1. The van der Waals surface area contributed by atoms with Crippen LogP contribution >= 0.6 is 11.6 Å². The lowest BCUT2D eigenvalue weighted by molar-refractivity contribution is 0.731. The summed E-state index contributed by atoms with van der Waals surface area (Å²) < 4.78 is 0. The first-order chi connectivity index (χ1) is 6.68. The number of allylic oxidation sites excluding steroid dienone is 1. The van der Waals surface area contributed by atoms with Crippen molar-refractivity contribution in [3.8, 4) is 0 Å². The van der Waals surface area contributed by atoms with E-state index in [2.05, 4.69) is 25.6 Å². The molecule has 0 amide bonds. The zero-order valence-electron chi connectivity index (χ0n) is 8.72. The van der Waals surface area contributed by atoms with Crippen LogP contribution in [0.25, 0.3) is 0 Å². The van der Waals surface area contributed by atoms with Crippen molar-refractivity contribution in [2.24, 2.45) is 0 Å². The van der Waals surface area contributed by atoms with E-state index in [4.69, 9.17) is 11.6 Å². The predicted octanol–water partition coefficient (Wildman–Crippen LogP) is 4.63. The number of aryl methyl sites for hydroxylation is 1. The zero-order valence-corrected chi connectivity index (χ0v) is 9.48. The van der Waals surface area contributed by atoms with Gasteiger partial charge in [0.1, 0.15) is 0 Å². The highest BCUT2D eigenvalue weighted by molar-refractivity contribution is 6.30.